The molecule has 1 unspecified atom stereocenters. The van der Waals surface area contributed by atoms with Crippen LogP contribution in [0, 0.1) is 11.3 Å². The maximum Gasteiger partial charge on any atom is 0.303 e. The molecule has 0 spiro atoms. The molecule has 1 aromatic heterocycles. The van der Waals surface area contributed by atoms with E-state index in [1.54, 1.807) is 24.4 Å². The fourth-order valence-electron chi connectivity index (χ4n) is 1.07. The average molecular weight is 202 g/mol. The van der Waals surface area contributed by atoms with Crippen LogP contribution in [0.2, 0.25) is 0 Å². The molecule has 0 aromatic carbocycles. The van der Waals surface area contributed by atoms with Gasteiger partial charge in [-0.05, 0) is 12.1 Å². The topological polar surface area (TPSA) is 63.0 Å². The van der Waals surface area contributed by atoms with Gasteiger partial charge in [0.15, 0.2) is 6.10 Å². The van der Waals surface area contributed by atoms with Crippen LogP contribution in [0.4, 0.5) is 0 Å². The fraction of sp³-hybridized carbons (Fsp3) is 0.182. The number of rotatable bonds is 3. The molecular weight excluding hydrogens is 192 g/mol. The number of nitrogens with zero attached hydrogens (tertiary/aromatic N) is 2. The van der Waals surface area contributed by atoms with E-state index < -0.39 is 12.1 Å². The predicted molar refractivity (Wildman–Crippen MR) is 53.5 cm³/mol. The van der Waals surface area contributed by atoms with Gasteiger partial charge in [-0.2, -0.15) is 5.26 Å². The van der Waals surface area contributed by atoms with E-state index in [1.807, 2.05) is 6.07 Å². The van der Waals surface area contributed by atoms with Crippen molar-refractivity contribution >= 4 is 5.97 Å². The minimum atomic E-state index is -0.784. The van der Waals surface area contributed by atoms with Crippen LogP contribution in [-0.4, -0.2) is 11.0 Å². The number of aromatic nitrogens is 1. The molecule has 0 saturated carbocycles. The van der Waals surface area contributed by atoms with Crippen molar-refractivity contribution in [1.29, 1.82) is 5.26 Å². The average Bonchev–Trinajstić information content (AvgIpc) is 2.26. The Balaban J connectivity index is 2.97. The first-order valence-corrected chi connectivity index (χ1v) is 4.32. The zero-order chi connectivity index (χ0) is 11.3. The Hall–Kier alpha value is -2.15. The number of carbonyl (C=O) groups excluding carboxylic acids is 1. The van der Waals surface area contributed by atoms with Gasteiger partial charge in [-0.3, -0.25) is 9.78 Å². The van der Waals surface area contributed by atoms with Crippen molar-refractivity contribution in [1.82, 2.24) is 4.98 Å². The second kappa shape index (κ2) is 4.91. The van der Waals surface area contributed by atoms with Crippen LogP contribution in [0.5, 0.6) is 0 Å². The summed E-state index contributed by atoms with van der Waals surface area (Å²) < 4.78 is 4.97. The first-order chi connectivity index (χ1) is 7.15. The summed E-state index contributed by atoms with van der Waals surface area (Å²) >= 11 is 0. The van der Waals surface area contributed by atoms with Gasteiger partial charge in [-0.25, -0.2) is 0 Å². The van der Waals surface area contributed by atoms with Crippen molar-refractivity contribution < 1.29 is 9.53 Å². The highest BCUT2D eigenvalue weighted by Gasteiger charge is 2.19. The van der Waals surface area contributed by atoms with Crippen LogP contribution in [0.25, 0.3) is 0 Å². The summed E-state index contributed by atoms with van der Waals surface area (Å²) in [5.41, 5.74) is 0.656. The molecule has 1 rings (SSSR count). The van der Waals surface area contributed by atoms with E-state index in [-0.39, 0.29) is 5.57 Å². The molecule has 0 fully saturated rings. The summed E-state index contributed by atoms with van der Waals surface area (Å²) in [5, 5.41) is 8.71. The van der Waals surface area contributed by atoms with Crippen LogP contribution in [0.3, 0.4) is 0 Å². The molecule has 4 heteroatoms. The van der Waals surface area contributed by atoms with Gasteiger partial charge in [0.1, 0.15) is 0 Å². The van der Waals surface area contributed by atoms with Crippen LogP contribution in [0.15, 0.2) is 36.5 Å². The number of esters is 1. The number of nitriles is 1. The summed E-state index contributed by atoms with van der Waals surface area (Å²) in [6, 6.07) is 7.03. The molecule has 0 aliphatic carbocycles. The third-order valence-electron chi connectivity index (χ3n) is 1.70. The van der Waals surface area contributed by atoms with Gasteiger partial charge in [-0.15, -0.1) is 0 Å². The highest BCUT2D eigenvalue weighted by molar-refractivity contribution is 5.66. The summed E-state index contributed by atoms with van der Waals surface area (Å²) in [7, 11) is 0. The van der Waals surface area contributed by atoms with E-state index in [9.17, 15) is 4.79 Å². The number of hydrogen-bond acceptors (Lipinski definition) is 4. The van der Waals surface area contributed by atoms with Crippen molar-refractivity contribution in [3.05, 3.63) is 42.2 Å². The highest BCUT2D eigenvalue weighted by Crippen LogP contribution is 2.22. The summed E-state index contributed by atoms with van der Waals surface area (Å²) in [6.07, 6.45) is 0.782. The first kappa shape index (κ1) is 10.9. The minimum absolute atomic E-state index is 0.156. The van der Waals surface area contributed by atoms with E-state index in [4.69, 9.17) is 10.00 Å². The SMILES string of the molecule is C=C(C#N)C(OC(C)=O)c1ccccn1. The zero-order valence-electron chi connectivity index (χ0n) is 8.30. The molecule has 1 aromatic rings. The Kier molecular flexibility index (Phi) is 3.58. The van der Waals surface area contributed by atoms with Gasteiger partial charge in [0, 0.05) is 13.1 Å². The van der Waals surface area contributed by atoms with Gasteiger partial charge < -0.3 is 4.74 Å². The number of ether oxygens (including phenoxy) is 1. The van der Waals surface area contributed by atoms with Crippen molar-refractivity contribution in [3.8, 4) is 6.07 Å². The Bertz CT molecular complexity index is 406. The minimum Gasteiger partial charge on any atom is -0.450 e. The Morgan fingerprint density at radius 2 is 2.40 bits per heavy atom. The van der Waals surface area contributed by atoms with E-state index >= 15 is 0 Å². The van der Waals surface area contributed by atoms with Crippen LogP contribution in [0.1, 0.15) is 18.7 Å². The van der Waals surface area contributed by atoms with E-state index in [2.05, 4.69) is 11.6 Å². The summed E-state index contributed by atoms with van der Waals surface area (Å²) in [5.74, 6) is -0.470. The number of carbonyl (C=O) groups is 1. The largest absolute Gasteiger partial charge is 0.450 e. The van der Waals surface area contributed by atoms with Gasteiger partial charge in [0.2, 0.25) is 0 Å². The maximum absolute atomic E-state index is 10.8. The lowest BCUT2D eigenvalue weighted by molar-refractivity contribution is -0.144. The molecule has 15 heavy (non-hydrogen) atoms. The third-order valence-corrected chi connectivity index (χ3v) is 1.70. The van der Waals surface area contributed by atoms with Gasteiger partial charge >= 0.3 is 5.97 Å². The molecule has 0 N–H and O–H groups in total. The third kappa shape index (κ3) is 2.92. The molecule has 0 aliphatic heterocycles. The lowest BCUT2D eigenvalue weighted by Crippen LogP contribution is -2.11. The first-order valence-electron chi connectivity index (χ1n) is 4.32. The van der Waals surface area contributed by atoms with Crippen LogP contribution < -0.4 is 0 Å². The molecule has 76 valence electrons. The molecular formula is C11H10N2O2. The highest BCUT2D eigenvalue weighted by atomic mass is 16.5. The predicted octanol–water partition coefficient (Wildman–Crippen LogP) is 1.77. The van der Waals surface area contributed by atoms with Crippen LogP contribution >= 0.6 is 0 Å². The Morgan fingerprint density at radius 3 is 2.87 bits per heavy atom. The van der Waals surface area contributed by atoms with Crippen molar-refractivity contribution in [2.24, 2.45) is 0 Å². The standard InChI is InChI=1S/C11H10N2O2/c1-8(7-12)11(15-9(2)14)10-5-3-4-6-13-10/h3-6,11H,1H2,2H3. The van der Waals surface area contributed by atoms with E-state index in [0.29, 0.717) is 5.69 Å². The molecule has 0 radical (unpaired) electrons. The fourth-order valence-corrected chi connectivity index (χ4v) is 1.07. The van der Waals surface area contributed by atoms with Gasteiger partial charge in [-0.1, -0.05) is 12.6 Å². The summed E-state index contributed by atoms with van der Waals surface area (Å²) in [6.45, 7) is 4.80. The lowest BCUT2D eigenvalue weighted by Gasteiger charge is -2.14. The number of pyridine rings is 1. The molecule has 0 aliphatic rings. The van der Waals surface area contributed by atoms with Gasteiger partial charge in [0.05, 0.1) is 17.3 Å². The molecule has 1 heterocycles. The second-order valence-corrected chi connectivity index (χ2v) is 2.88. The Morgan fingerprint density at radius 1 is 1.67 bits per heavy atom. The molecule has 0 bridgehead atoms. The normalized spacial score (nSPS) is 11.2. The second-order valence-electron chi connectivity index (χ2n) is 2.88. The molecule has 0 amide bonds. The quantitative estimate of drug-likeness (QED) is 0.553. The molecule has 4 nitrogen and oxygen atoms in total. The number of hydrogen-bond donors (Lipinski definition) is 0. The molecule has 1 atom stereocenters. The van der Waals surface area contributed by atoms with E-state index in [1.165, 1.54) is 6.92 Å². The molecule has 0 saturated heterocycles. The Labute approximate surface area is 87.8 Å². The van der Waals surface area contributed by atoms with Crippen LogP contribution in [-0.2, 0) is 9.53 Å². The van der Waals surface area contributed by atoms with Crippen molar-refractivity contribution in [3.63, 3.8) is 0 Å². The summed E-state index contributed by atoms with van der Waals surface area (Å²) in [4.78, 5) is 14.9. The lowest BCUT2D eigenvalue weighted by atomic mass is 10.1. The van der Waals surface area contributed by atoms with Crippen molar-refractivity contribution in [2.75, 3.05) is 0 Å². The smallest absolute Gasteiger partial charge is 0.303 e. The van der Waals surface area contributed by atoms with E-state index in [0.717, 1.165) is 0 Å². The van der Waals surface area contributed by atoms with Gasteiger partial charge in [0.25, 0.3) is 0 Å². The maximum atomic E-state index is 10.8. The van der Waals surface area contributed by atoms with Crippen molar-refractivity contribution in [2.45, 2.75) is 13.0 Å². The monoisotopic (exact) mass is 202 g/mol. The zero-order valence-corrected chi connectivity index (χ0v) is 8.30.